The van der Waals surface area contributed by atoms with E-state index in [0.717, 1.165) is 14.2 Å². The van der Waals surface area contributed by atoms with Gasteiger partial charge in [0.15, 0.2) is 36.2 Å². The van der Waals surface area contributed by atoms with Gasteiger partial charge >= 0.3 is 11.9 Å². The van der Waals surface area contributed by atoms with E-state index in [1.807, 2.05) is 0 Å². The highest BCUT2D eigenvalue weighted by atomic mass is 16.7. The van der Waals surface area contributed by atoms with Gasteiger partial charge in [-0.2, -0.15) is 0 Å². The number of aliphatic hydroxyl groups excluding tert-OH is 6. The summed E-state index contributed by atoms with van der Waals surface area (Å²) in [6.07, 6.45) is -14.9. The van der Waals surface area contributed by atoms with E-state index in [9.17, 15) is 60.7 Å². The maximum atomic E-state index is 12.8. The van der Waals surface area contributed by atoms with E-state index in [1.165, 1.54) is 0 Å². The van der Waals surface area contributed by atoms with E-state index in [1.54, 1.807) is 0 Å². The molecule has 266 valence electrons. The fourth-order valence-electron chi connectivity index (χ4n) is 7.60. The first-order valence-electron chi connectivity index (χ1n) is 14.8. The second-order valence-electron chi connectivity index (χ2n) is 12.4. The lowest BCUT2D eigenvalue weighted by molar-refractivity contribution is -0.391. The summed E-state index contributed by atoms with van der Waals surface area (Å²) in [5.74, 6) is -11.8. The molecule has 4 fully saturated rings. The third-order valence-corrected chi connectivity index (χ3v) is 10.0. The van der Waals surface area contributed by atoms with Crippen LogP contribution in [0.25, 0.3) is 0 Å². The summed E-state index contributed by atoms with van der Waals surface area (Å²) in [5.41, 5.74) is -0.166. The highest BCUT2D eigenvalue weighted by Crippen LogP contribution is 2.60. The van der Waals surface area contributed by atoms with Crippen LogP contribution < -0.4 is 0 Å². The SMILES string of the molecule is COC(=O)C1=NN=C(C(=O)OC)C2C3CC(C(CO[C@@H]4OC(CO)[C@H](O)C(O)(O)C4O)C3CO[C@@H]3OC(CO)[C@H](O)C(O)(O)C3O)C12. The standard InChI is InChI=1S/C27H40N2O18/c1-42-22(36)16-14-8-3-9(15(14)17(29-28-16)23(37)43-2)11(7-45-25-21(35)27(40,41)19(33)13(5-31)47-25)10(8)6-44-24-20(34)26(38,39)18(32)12(4-30)46-24/h8-15,18-21,24-25,30-35,38-41H,3-7H2,1-2H3/t8?,9?,10?,11?,12?,13?,14?,15?,18-,19-,20?,21?,24+,25+/m0/s1. The summed E-state index contributed by atoms with van der Waals surface area (Å²) >= 11 is 0. The number of carbonyl (C=O) groups excluding carboxylic acids is 2. The van der Waals surface area contributed by atoms with Crippen molar-refractivity contribution in [3.8, 4) is 0 Å². The first-order chi connectivity index (χ1) is 22.1. The number of aliphatic hydroxyl groups is 10. The zero-order valence-electron chi connectivity index (χ0n) is 25.3. The molecule has 0 aromatic heterocycles. The third-order valence-electron chi connectivity index (χ3n) is 10.0. The molecule has 3 aliphatic heterocycles. The van der Waals surface area contributed by atoms with Gasteiger partial charge in [-0.25, -0.2) is 9.59 Å². The first kappa shape index (κ1) is 36.0. The highest BCUT2D eigenvalue weighted by molar-refractivity contribution is 6.43. The maximum absolute atomic E-state index is 12.8. The topological polar surface area (TPSA) is 317 Å². The Kier molecular flexibility index (Phi) is 10.4. The monoisotopic (exact) mass is 680 g/mol. The first-order valence-corrected chi connectivity index (χ1v) is 14.8. The molecule has 5 aliphatic rings. The fourth-order valence-corrected chi connectivity index (χ4v) is 7.60. The molecule has 14 atom stereocenters. The van der Waals surface area contributed by atoms with Gasteiger partial charge < -0.3 is 79.5 Å². The van der Waals surface area contributed by atoms with E-state index >= 15 is 0 Å². The zero-order valence-corrected chi connectivity index (χ0v) is 25.3. The molecular weight excluding hydrogens is 640 g/mol. The van der Waals surface area contributed by atoms with Gasteiger partial charge in [-0.05, 0) is 30.1 Å². The number of esters is 2. The number of nitrogens with zero attached hydrogens (tertiary/aromatic N) is 2. The number of hydrogen-bond donors (Lipinski definition) is 10. The molecule has 20 heteroatoms. The van der Waals surface area contributed by atoms with Gasteiger partial charge in [-0.15, -0.1) is 10.2 Å². The van der Waals surface area contributed by atoms with Crippen molar-refractivity contribution in [3.63, 3.8) is 0 Å². The molecule has 0 amide bonds. The van der Waals surface area contributed by atoms with Crippen molar-refractivity contribution >= 4 is 23.4 Å². The summed E-state index contributed by atoms with van der Waals surface area (Å²) in [6, 6.07) is 0. The molecule has 20 nitrogen and oxygen atoms in total. The fraction of sp³-hybridized carbons (Fsp3) is 0.852. The van der Waals surface area contributed by atoms with Gasteiger partial charge in [-0.1, -0.05) is 0 Å². The number of carbonyl (C=O) groups is 2. The molecule has 2 aliphatic carbocycles. The van der Waals surface area contributed by atoms with Crippen LogP contribution in [0.2, 0.25) is 0 Å². The van der Waals surface area contributed by atoms with Crippen LogP contribution in [0.5, 0.6) is 0 Å². The molecule has 10 N–H and O–H groups in total. The summed E-state index contributed by atoms with van der Waals surface area (Å²) < 4.78 is 32.2. The van der Waals surface area contributed by atoms with Crippen molar-refractivity contribution in [2.45, 2.75) is 67.2 Å². The lowest BCUT2D eigenvalue weighted by Crippen LogP contribution is -2.68. The molecule has 3 heterocycles. The van der Waals surface area contributed by atoms with Crippen molar-refractivity contribution in [2.24, 2.45) is 45.7 Å². The van der Waals surface area contributed by atoms with Crippen molar-refractivity contribution < 1.29 is 89.1 Å². The van der Waals surface area contributed by atoms with Crippen LogP contribution in [0.3, 0.4) is 0 Å². The van der Waals surface area contributed by atoms with Crippen LogP contribution in [-0.2, 0) is 38.0 Å². The Morgan fingerprint density at radius 3 is 1.38 bits per heavy atom. The molecule has 5 rings (SSSR count). The van der Waals surface area contributed by atoms with E-state index in [0.29, 0.717) is 6.42 Å². The second-order valence-corrected chi connectivity index (χ2v) is 12.4. The average Bonchev–Trinajstić information content (AvgIpc) is 3.62. The predicted octanol–water partition coefficient (Wildman–Crippen LogP) is -6.47. The van der Waals surface area contributed by atoms with Gasteiger partial charge in [0.1, 0.15) is 24.4 Å². The van der Waals surface area contributed by atoms with Crippen LogP contribution in [-0.4, -0.2) is 176 Å². The number of methoxy groups -OCH3 is 2. The third kappa shape index (κ3) is 5.99. The average molecular weight is 681 g/mol. The minimum absolute atomic E-state index is 0.0830. The highest BCUT2D eigenvalue weighted by Gasteiger charge is 2.64. The largest absolute Gasteiger partial charge is 0.464 e. The van der Waals surface area contributed by atoms with Crippen LogP contribution >= 0.6 is 0 Å². The number of ether oxygens (including phenoxy) is 6. The molecule has 0 aromatic rings. The molecular formula is C27H40N2O18. The molecule has 2 saturated carbocycles. The van der Waals surface area contributed by atoms with Gasteiger partial charge in [0, 0.05) is 11.8 Å². The Labute approximate surface area is 266 Å². The van der Waals surface area contributed by atoms with Gasteiger partial charge in [-0.3, -0.25) is 0 Å². The Balaban J connectivity index is 1.44. The van der Waals surface area contributed by atoms with Crippen molar-refractivity contribution in [1.82, 2.24) is 0 Å². The minimum Gasteiger partial charge on any atom is -0.464 e. The second kappa shape index (κ2) is 13.6. The minimum atomic E-state index is -3.12. The van der Waals surface area contributed by atoms with Crippen molar-refractivity contribution in [3.05, 3.63) is 0 Å². The van der Waals surface area contributed by atoms with E-state index in [4.69, 9.17) is 28.4 Å². The van der Waals surface area contributed by atoms with Crippen molar-refractivity contribution in [1.29, 1.82) is 0 Å². The molecule has 2 bridgehead atoms. The number of fused-ring (bicyclic) bond motifs is 5. The Morgan fingerprint density at radius 2 is 1.06 bits per heavy atom. The Hall–Kier alpha value is -2.28. The summed E-state index contributed by atoms with van der Waals surface area (Å²) in [6.45, 7) is -2.38. The number of hydrogen-bond acceptors (Lipinski definition) is 20. The molecule has 0 spiro atoms. The lowest BCUT2D eigenvalue weighted by atomic mass is 9.65. The lowest BCUT2D eigenvalue weighted by Gasteiger charge is -2.46. The Bertz CT molecular complexity index is 1150. The van der Waals surface area contributed by atoms with Crippen LogP contribution in [0, 0.1) is 35.5 Å². The molecule has 2 saturated heterocycles. The van der Waals surface area contributed by atoms with E-state index < -0.39 is 121 Å². The number of rotatable bonds is 10. The molecule has 47 heavy (non-hydrogen) atoms. The maximum Gasteiger partial charge on any atom is 0.354 e. The smallest absolute Gasteiger partial charge is 0.354 e. The van der Waals surface area contributed by atoms with E-state index in [2.05, 4.69) is 10.2 Å². The van der Waals surface area contributed by atoms with Crippen LogP contribution in [0.15, 0.2) is 10.2 Å². The zero-order chi connectivity index (χ0) is 34.6. The summed E-state index contributed by atoms with van der Waals surface area (Å²) in [7, 11) is 2.28. The van der Waals surface area contributed by atoms with Crippen molar-refractivity contribution in [2.75, 3.05) is 40.6 Å². The molecule has 0 radical (unpaired) electrons. The molecule has 10 unspecified atom stereocenters. The predicted molar refractivity (Wildman–Crippen MR) is 146 cm³/mol. The molecule has 0 aromatic carbocycles. The van der Waals surface area contributed by atoms with Gasteiger partial charge in [0.05, 0.1) is 40.6 Å². The summed E-state index contributed by atoms with van der Waals surface area (Å²) in [4.78, 5) is 25.5. The van der Waals surface area contributed by atoms with Crippen LogP contribution in [0.4, 0.5) is 0 Å². The quantitative estimate of drug-likeness (QED) is 0.0757. The normalized spacial score (nSPS) is 43.5. The van der Waals surface area contributed by atoms with E-state index in [-0.39, 0.29) is 24.6 Å². The van der Waals surface area contributed by atoms with Gasteiger partial charge in [0.25, 0.3) is 0 Å². The summed E-state index contributed by atoms with van der Waals surface area (Å²) in [5, 5.41) is 110. The van der Waals surface area contributed by atoms with Crippen LogP contribution in [0.1, 0.15) is 6.42 Å². The van der Waals surface area contributed by atoms with Gasteiger partial charge in [0.2, 0.25) is 11.6 Å². The Morgan fingerprint density at radius 1 is 0.702 bits per heavy atom.